The van der Waals surface area contributed by atoms with Gasteiger partial charge in [-0.1, -0.05) is 24.3 Å². The summed E-state index contributed by atoms with van der Waals surface area (Å²) in [6.07, 6.45) is 0. The molecule has 1 N–H and O–H groups in total. The van der Waals surface area contributed by atoms with Crippen LogP contribution in [0.5, 0.6) is 5.75 Å². The lowest BCUT2D eigenvalue weighted by Gasteiger charge is -2.14. The summed E-state index contributed by atoms with van der Waals surface area (Å²) in [7, 11) is -3.97. The Balaban J connectivity index is 1.85. The quantitative estimate of drug-likeness (QED) is 0.388. The van der Waals surface area contributed by atoms with Gasteiger partial charge in [-0.3, -0.25) is 9.59 Å². The Labute approximate surface area is 162 Å². The molecule has 150 valence electrons. The van der Waals surface area contributed by atoms with E-state index in [1.54, 1.807) is 6.07 Å². The van der Waals surface area contributed by atoms with Gasteiger partial charge >= 0.3 is 5.97 Å². The summed E-state index contributed by atoms with van der Waals surface area (Å²) in [5, 5.41) is 0. The summed E-state index contributed by atoms with van der Waals surface area (Å²) >= 11 is 0. The molecule has 2 rings (SSSR count). The number of Topliss-reactive ketones (excluding diaryl/α,β-unsaturated/α-hetero) is 1. The molecule has 0 aliphatic rings. The average molecular weight is 409 g/mol. The molecule has 0 aromatic heterocycles. The highest BCUT2D eigenvalue weighted by molar-refractivity contribution is 7.89. The van der Waals surface area contributed by atoms with E-state index in [2.05, 4.69) is 4.72 Å². The topological polar surface area (TPSA) is 98.8 Å². The molecule has 0 saturated heterocycles. The van der Waals surface area contributed by atoms with E-state index in [0.717, 1.165) is 0 Å². The van der Waals surface area contributed by atoms with Crippen molar-refractivity contribution in [1.82, 2.24) is 4.72 Å². The second kappa shape index (κ2) is 9.43. The first-order valence-electron chi connectivity index (χ1n) is 8.38. The monoisotopic (exact) mass is 409 g/mol. The zero-order valence-electron chi connectivity index (χ0n) is 15.3. The van der Waals surface area contributed by atoms with Crippen LogP contribution < -0.4 is 9.46 Å². The minimum absolute atomic E-state index is 0.0290. The number of halogens is 1. The van der Waals surface area contributed by atoms with Crippen molar-refractivity contribution in [2.24, 2.45) is 0 Å². The molecule has 1 atom stereocenters. The fraction of sp³-hybridized carbons (Fsp3) is 0.263. The van der Waals surface area contributed by atoms with Gasteiger partial charge in [0, 0.05) is 5.56 Å². The SMILES string of the molecule is CC(=O)c1ccc(S(=O)(=O)N[C@H](C)C(=O)OCCOc2ccccc2F)cc1. The van der Waals surface area contributed by atoms with Gasteiger partial charge in [-0.15, -0.1) is 0 Å². The maximum Gasteiger partial charge on any atom is 0.324 e. The molecule has 0 heterocycles. The van der Waals surface area contributed by atoms with Gasteiger partial charge in [0.1, 0.15) is 19.3 Å². The van der Waals surface area contributed by atoms with Gasteiger partial charge in [-0.2, -0.15) is 4.72 Å². The summed E-state index contributed by atoms with van der Waals surface area (Å²) in [5.41, 5.74) is 0.376. The summed E-state index contributed by atoms with van der Waals surface area (Å²) in [4.78, 5) is 23.1. The predicted octanol–water partition coefficient (Wildman–Crippen LogP) is 2.32. The van der Waals surface area contributed by atoms with E-state index in [9.17, 15) is 22.4 Å². The standard InChI is InChI=1S/C19H20FNO6S/c1-13(19(23)27-12-11-26-18-6-4-3-5-17(18)20)21-28(24,25)16-9-7-15(8-10-16)14(2)22/h3-10,13,21H,11-12H2,1-2H3/t13-/m1/s1. The van der Waals surface area contributed by atoms with Crippen LogP contribution in [-0.4, -0.2) is 39.4 Å². The van der Waals surface area contributed by atoms with Gasteiger partial charge in [0.2, 0.25) is 10.0 Å². The van der Waals surface area contributed by atoms with Crippen LogP contribution >= 0.6 is 0 Å². The van der Waals surface area contributed by atoms with Gasteiger partial charge in [0.05, 0.1) is 4.90 Å². The van der Waals surface area contributed by atoms with E-state index in [-0.39, 0.29) is 29.6 Å². The number of nitrogens with one attached hydrogen (secondary N) is 1. The zero-order chi connectivity index (χ0) is 20.7. The number of rotatable bonds is 9. The van der Waals surface area contributed by atoms with Crippen LogP contribution in [0.2, 0.25) is 0 Å². The van der Waals surface area contributed by atoms with Crippen LogP contribution in [0.25, 0.3) is 0 Å². The molecule has 0 spiro atoms. The number of ether oxygens (including phenoxy) is 2. The lowest BCUT2D eigenvalue weighted by atomic mass is 10.2. The van der Waals surface area contributed by atoms with E-state index < -0.39 is 27.9 Å². The van der Waals surface area contributed by atoms with Gasteiger partial charge < -0.3 is 9.47 Å². The molecule has 28 heavy (non-hydrogen) atoms. The van der Waals surface area contributed by atoms with Crippen molar-refractivity contribution in [2.45, 2.75) is 24.8 Å². The lowest BCUT2D eigenvalue weighted by Crippen LogP contribution is -2.39. The van der Waals surface area contributed by atoms with Gasteiger partial charge in [-0.25, -0.2) is 12.8 Å². The number of benzene rings is 2. The van der Waals surface area contributed by atoms with Crippen LogP contribution in [0.1, 0.15) is 24.2 Å². The largest absolute Gasteiger partial charge is 0.487 e. The highest BCUT2D eigenvalue weighted by atomic mass is 32.2. The molecular formula is C19H20FNO6S. The molecule has 0 radical (unpaired) electrons. The maximum atomic E-state index is 13.4. The Bertz CT molecular complexity index is 943. The number of para-hydroxylation sites is 1. The van der Waals surface area contributed by atoms with Crippen LogP contribution in [0.15, 0.2) is 53.4 Å². The number of hydrogen-bond donors (Lipinski definition) is 1. The third-order valence-electron chi connectivity index (χ3n) is 3.68. The van der Waals surface area contributed by atoms with Gasteiger partial charge in [0.25, 0.3) is 0 Å². The summed E-state index contributed by atoms with van der Waals surface area (Å²) in [5.74, 6) is -1.50. The predicted molar refractivity (Wildman–Crippen MR) is 99.1 cm³/mol. The second-order valence-electron chi connectivity index (χ2n) is 5.87. The molecule has 2 aromatic rings. The molecule has 0 amide bonds. The smallest absolute Gasteiger partial charge is 0.324 e. The second-order valence-corrected chi connectivity index (χ2v) is 7.58. The van der Waals surface area contributed by atoms with Crippen LogP contribution in [-0.2, 0) is 19.6 Å². The van der Waals surface area contributed by atoms with Crippen molar-refractivity contribution >= 4 is 21.8 Å². The molecular weight excluding hydrogens is 389 g/mol. The molecule has 0 saturated carbocycles. The van der Waals surface area contributed by atoms with Crippen molar-refractivity contribution < 1.29 is 31.9 Å². The number of hydrogen-bond acceptors (Lipinski definition) is 6. The minimum Gasteiger partial charge on any atom is -0.487 e. The number of sulfonamides is 1. The van der Waals surface area contributed by atoms with Crippen LogP contribution in [0, 0.1) is 5.82 Å². The molecule has 7 nitrogen and oxygen atoms in total. The fourth-order valence-electron chi connectivity index (χ4n) is 2.20. The van der Waals surface area contributed by atoms with E-state index in [4.69, 9.17) is 9.47 Å². The summed E-state index contributed by atoms with van der Waals surface area (Å²) in [6, 6.07) is 9.98. The normalized spacial score (nSPS) is 12.2. The van der Waals surface area contributed by atoms with Crippen LogP contribution in [0.4, 0.5) is 4.39 Å². The Hall–Kier alpha value is -2.78. The van der Waals surface area contributed by atoms with Crippen molar-refractivity contribution in [2.75, 3.05) is 13.2 Å². The lowest BCUT2D eigenvalue weighted by molar-refractivity contribution is -0.145. The highest BCUT2D eigenvalue weighted by Crippen LogP contribution is 2.15. The van der Waals surface area contributed by atoms with Crippen molar-refractivity contribution in [1.29, 1.82) is 0 Å². The molecule has 0 bridgehead atoms. The molecule has 0 aliphatic carbocycles. The first-order chi connectivity index (χ1) is 13.2. The molecule has 0 fully saturated rings. The van der Waals surface area contributed by atoms with Crippen LogP contribution in [0.3, 0.4) is 0 Å². The van der Waals surface area contributed by atoms with Crippen molar-refractivity contribution in [3.63, 3.8) is 0 Å². The van der Waals surface area contributed by atoms with E-state index in [1.165, 1.54) is 56.3 Å². The Morgan fingerprint density at radius 2 is 1.71 bits per heavy atom. The number of ketones is 1. The molecule has 0 aliphatic heterocycles. The Morgan fingerprint density at radius 1 is 1.07 bits per heavy atom. The summed E-state index contributed by atoms with van der Waals surface area (Å²) in [6.45, 7) is 2.45. The van der Waals surface area contributed by atoms with Gasteiger partial charge in [-0.05, 0) is 38.1 Å². The molecule has 9 heteroatoms. The van der Waals surface area contributed by atoms with E-state index in [1.807, 2.05) is 0 Å². The first-order valence-corrected chi connectivity index (χ1v) is 9.86. The Kier molecular flexibility index (Phi) is 7.24. The minimum atomic E-state index is -3.97. The number of carbonyl (C=O) groups is 2. The average Bonchev–Trinajstić information content (AvgIpc) is 2.66. The van der Waals surface area contributed by atoms with E-state index in [0.29, 0.717) is 5.56 Å². The van der Waals surface area contributed by atoms with Gasteiger partial charge in [0.15, 0.2) is 17.3 Å². The number of carbonyl (C=O) groups excluding carboxylic acids is 2. The van der Waals surface area contributed by atoms with Crippen molar-refractivity contribution in [3.05, 3.63) is 59.9 Å². The highest BCUT2D eigenvalue weighted by Gasteiger charge is 2.23. The fourth-order valence-corrected chi connectivity index (χ4v) is 3.39. The first kappa shape index (κ1) is 21.5. The molecule has 2 aromatic carbocycles. The molecule has 0 unspecified atom stereocenters. The van der Waals surface area contributed by atoms with E-state index >= 15 is 0 Å². The Morgan fingerprint density at radius 3 is 2.32 bits per heavy atom. The zero-order valence-corrected chi connectivity index (χ0v) is 16.2. The number of esters is 1. The third-order valence-corrected chi connectivity index (χ3v) is 5.24. The third kappa shape index (κ3) is 5.86. The maximum absolute atomic E-state index is 13.4. The summed E-state index contributed by atoms with van der Waals surface area (Å²) < 4.78 is 50.3. The van der Waals surface area contributed by atoms with Crippen molar-refractivity contribution in [3.8, 4) is 5.75 Å².